The normalized spacial score (nSPS) is 10.0. The van der Waals surface area contributed by atoms with Crippen LogP contribution in [-0.2, 0) is 18.4 Å². The van der Waals surface area contributed by atoms with E-state index in [1.807, 2.05) is 0 Å². The summed E-state index contributed by atoms with van der Waals surface area (Å²) in [5.74, 6) is -0.431. The summed E-state index contributed by atoms with van der Waals surface area (Å²) < 4.78 is 1.94. The molecule has 0 saturated heterocycles. The fourth-order valence-corrected chi connectivity index (χ4v) is 1.11. The number of nitrogen functional groups attached to an aromatic ring is 1. The largest absolute Gasteiger partial charge is 0.393 e. The molecule has 1 aromatic heterocycles. The van der Waals surface area contributed by atoms with Crippen LogP contribution >= 0.6 is 0 Å². The molecule has 1 aromatic rings. The number of likely N-dealkylation sites (N-methyl/N-ethyl adjacent to an activating group) is 1. The van der Waals surface area contributed by atoms with Crippen molar-refractivity contribution in [3.63, 3.8) is 0 Å². The van der Waals surface area contributed by atoms with E-state index in [1.165, 1.54) is 20.3 Å². The Hall–Kier alpha value is -2.05. The van der Waals surface area contributed by atoms with E-state index < -0.39 is 17.2 Å². The molecule has 1 rings (SSSR count). The summed E-state index contributed by atoms with van der Waals surface area (Å²) in [4.78, 5) is 34.0. The molecule has 0 aliphatic rings. The molecule has 1 heterocycles. The van der Waals surface area contributed by atoms with Gasteiger partial charge >= 0.3 is 5.69 Å². The number of carbonyl (C=O) groups is 1. The van der Waals surface area contributed by atoms with Gasteiger partial charge in [-0.2, -0.15) is 0 Å². The number of nitrogens with zero attached hydrogens (tertiary/aromatic N) is 2. The highest BCUT2D eigenvalue weighted by Gasteiger charge is 2.09. The summed E-state index contributed by atoms with van der Waals surface area (Å²) in [5, 5.41) is 2.32. The molecular formula is C8H12N4O3. The third-order valence-electron chi connectivity index (χ3n) is 1.94. The van der Waals surface area contributed by atoms with Gasteiger partial charge in [-0.25, -0.2) is 9.36 Å². The van der Waals surface area contributed by atoms with E-state index in [2.05, 4.69) is 5.32 Å². The Labute approximate surface area is 85.1 Å². The summed E-state index contributed by atoms with van der Waals surface area (Å²) in [6, 6.07) is 0. The van der Waals surface area contributed by atoms with Crippen molar-refractivity contribution in [2.75, 3.05) is 12.8 Å². The predicted octanol–water partition coefficient (Wildman–Crippen LogP) is -2.12. The van der Waals surface area contributed by atoms with Gasteiger partial charge in [-0.1, -0.05) is 0 Å². The zero-order valence-electron chi connectivity index (χ0n) is 8.48. The highest BCUT2D eigenvalue weighted by atomic mass is 16.2. The van der Waals surface area contributed by atoms with Crippen molar-refractivity contribution in [1.82, 2.24) is 14.5 Å². The van der Waals surface area contributed by atoms with Crippen LogP contribution in [0.2, 0.25) is 0 Å². The monoisotopic (exact) mass is 212 g/mol. The third kappa shape index (κ3) is 2.06. The molecule has 0 unspecified atom stereocenters. The molecule has 0 fully saturated rings. The van der Waals surface area contributed by atoms with Crippen molar-refractivity contribution in [1.29, 1.82) is 0 Å². The van der Waals surface area contributed by atoms with Crippen LogP contribution in [0, 0.1) is 0 Å². The van der Waals surface area contributed by atoms with Crippen LogP contribution in [0.3, 0.4) is 0 Å². The number of carbonyl (C=O) groups excluding carboxylic acids is 1. The average molecular weight is 212 g/mol. The summed E-state index contributed by atoms with van der Waals surface area (Å²) in [6.45, 7) is -0.326. The lowest BCUT2D eigenvalue weighted by Gasteiger charge is -2.06. The molecular weight excluding hydrogens is 200 g/mol. The number of hydrogen-bond acceptors (Lipinski definition) is 4. The van der Waals surface area contributed by atoms with E-state index in [-0.39, 0.29) is 12.2 Å². The van der Waals surface area contributed by atoms with Crippen molar-refractivity contribution < 1.29 is 4.79 Å². The van der Waals surface area contributed by atoms with Crippen LogP contribution < -0.4 is 22.3 Å². The van der Waals surface area contributed by atoms with E-state index in [4.69, 9.17) is 5.73 Å². The van der Waals surface area contributed by atoms with Gasteiger partial charge in [-0.05, 0) is 0 Å². The Balaban J connectivity index is 3.34. The minimum atomic E-state index is -0.651. The van der Waals surface area contributed by atoms with Gasteiger partial charge in [0.25, 0.3) is 5.56 Å². The maximum atomic E-state index is 11.5. The minimum absolute atomic E-state index is 0.0685. The molecule has 7 heteroatoms. The zero-order chi connectivity index (χ0) is 11.6. The molecule has 3 N–H and O–H groups in total. The van der Waals surface area contributed by atoms with Gasteiger partial charge in [0.2, 0.25) is 5.91 Å². The van der Waals surface area contributed by atoms with E-state index in [0.717, 1.165) is 9.13 Å². The summed E-state index contributed by atoms with van der Waals surface area (Å²) in [7, 11) is 2.88. The quantitative estimate of drug-likeness (QED) is 0.585. The molecule has 7 nitrogen and oxygen atoms in total. The maximum absolute atomic E-state index is 11.5. The van der Waals surface area contributed by atoms with E-state index >= 15 is 0 Å². The van der Waals surface area contributed by atoms with Crippen molar-refractivity contribution in [3.8, 4) is 0 Å². The standard InChI is InChI=1S/C8H12N4O3/c1-10-6(13)4-12-7(14)5(9)3-11(2)8(12)15/h3H,4,9H2,1-2H3,(H,10,13). The molecule has 0 saturated carbocycles. The lowest BCUT2D eigenvalue weighted by atomic mass is 10.5. The molecule has 0 aromatic carbocycles. The number of hydrogen-bond donors (Lipinski definition) is 2. The van der Waals surface area contributed by atoms with E-state index in [1.54, 1.807) is 0 Å². The maximum Gasteiger partial charge on any atom is 0.331 e. The first-order valence-electron chi connectivity index (χ1n) is 4.24. The van der Waals surface area contributed by atoms with Crippen molar-refractivity contribution in [3.05, 3.63) is 27.0 Å². The second kappa shape index (κ2) is 3.99. The van der Waals surface area contributed by atoms with E-state index in [9.17, 15) is 14.4 Å². The number of aryl methyl sites for hydroxylation is 1. The van der Waals surface area contributed by atoms with E-state index in [0.29, 0.717) is 0 Å². The first-order valence-corrected chi connectivity index (χ1v) is 4.24. The molecule has 0 aliphatic heterocycles. The summed E-state index contributed by atoms with van der Waals surface area (Å²) in [5.41, 5.74) is 4.09. The van der Waals surface area contributed by atoms with Gasteiger partial charge in [-0.3, -0.25) is 9.59 Å². The molecule has 0 spiro atoms. The van der Waals surface area contributed by atoms with Gasteiger partial charge in [0.1, 0.15) is 12.2 Å². The lowest BCUT2D eigenvalue weighted by molar-refractivity contribution is -0.121. The van der Waals surface area contributed by atoms with Gasteiger partial charge in [0, 0.05) is 20.3 Å². The fraction of sp³-hybridized carbons (Fsp3) is 0.375. The van der Waals surface area contributed by atoms with Gasteiger partial charge in [0.15, 0.2) is 0 Å². The molecule has 0 bridgehead atoms. The molecule has 1 amide bonds. The van der Waals surface area contributed by atoms with Gasteiger partial charge in [0.05, 0.1) is 0 Å². The van der Waals surface area contributed by atoms with Crippen LogP contribution in [0.25, 0.3) is 0 Å². The zero-order valence-corrected chi connectivity index (χ0v) is 8.48. The minimum Gasteiger partial charge on any atom is -0.393 e. The van der Waals surface area contributed by atoms with Crippen LogP contribution in [-0.4, -0.2) is 22.1 Å². The Morgan fingerprint density at radius 1 is 1.53 bits per heavy atom. The number of nitrogens with one attached hydrogen (secondary N) is 1. The SMILES string of the molecule is CNC(=O)Cn1c(=O)c(N)cn(C)c1=O. The number of rotatable bonds is 2. The Bertz CT molecular complexity index is 465. The van der Waals surface area contributed by atoms with Crippen molar-refractivity contribution in [2.24, 2.45) is 7.05 Å². The van der Waals surface area contributed by atoms with Crippen LogP contribution in [0.4, 0.5) is 5.69 Å². The fourth-order valence-electron chi connectivity index (χ4n) is 1.11. The Morgan fingerprint density at radius 3 is 2.67 bits per heavy atom. The average Bonchev–Trinajstić information content (AvgIpc) is 2.21. The molecule has 15 heavy (non-hydrogen) atoms. The number of amides is 1. The number of aromatic nitrogens is 2. The number of nitrogens with two attached hydrogens (primary N) is 1. The topological polar surface area (TPSA) is 99.1 Å². The van der Waals surface area contributed by atoms with Crippen molar-refractivity contribution >= 4 is 11.6 Å². The van der Waals surface area contributed by atoms with Crippen LogP contribution in [0.1, 0.15) is 0 Å². The van der Waals surface area contributed by atoms with Gasteiger partial charge in [-0.15, -0.1) is 0 Å². The highest BCUT2D eigenvalue weighted by Crippen LogP contribution is 1.86. The third-order valence-corrected chi connectivity index (χ3v) is 1.94. The Kier molecular flexibility index (Phi) is 2.93. The van der Waals surface area contributed by atoms with Crippen LogP contribution in [0.5, 0.6) is 0 Å². The molecule has 0 atom stereocenters. The van der Waals surface area contributed by atoms with Gasteiger partial charge < -0.3 is 15.6 Å². The second-order valence-corrected chi connectivity index (χ2v) is 3.04. The molecule has 0 aliphatic carbocycles. The first-order chi connectivity index (χ1) is 6.97. The second-order valence-electron chi connectivity index (χ2n) is 3.04. The van der Waals surface area contributed by atoms with Crippen molar-refractivity contribution in [2.45, 2.75) is 6.54 Å². The summed E-state index contributed by atoms with van der Waals surface area (Å²) >= 11 is 0. The number of anilines is 1. The Morgan fingerprint density at radius 2 is 2.13 bits per heavy atom. The van der Waals surface area contributed by atoms with Crippen LogP contribution in [0.15, 0.2) is 15.8 Å². The highest BCUT2D eigenvalue weighted by molar-refractivity contribution is 5.75. The lowest BCUT2D eigenvalue weighted by Crippen LogP contribution is -2.43. The first kappa shape index (κ1) is 11.0. The summed E-state index contributed by atoms with van der Waals surface area (Å²) in [6.07, 6.45) is 1.23. The molecule has 0 radical (unpaired) electrons. The predicted molar refractivity (Wildman–Crippen MR) is 54.4 cm³/mol. The molecule has 82 valence electrons. The smallest absolute Gasteiger partial charge is 0.331 e.